The molecule has 105 heavy (non-hydrogen) atoms. The van der Waals surface area contributed by atoms with Crippen molar-refractivity contribution < 1.29 is 57.8 Å². The molecule has 0 radical (unpaired) electrons. The van der Waals surface area contributed by atoms with Gasteiger partial charge in [0.05, 0.1) is 6.04 Å². The molecule has 0 aliphatic carbocycles. The Kier molecular flexibility index (Phi) is 36.2. The number of benzene rings is 3. The Balaban J connectivity index is 1.49. The number of aromatic nitrogens is 2. The molecule has 10 amide bonds. The highest BCUT2D eigenvalue weighted by molar-refractivity contribution is 7.98. The van der Waals surface area contributed by atoms with Gasteiger partial charge < -0.3 is 115 Å². The highest BCUT2D eigenvalue weighted by Gasteiger charge is 2.37. The maximum absolute atomic E-state index is 15.2. The Bertz CT molecular complexity index is 3810. The Morgan fingerprint density at radius 2 is 0.790 bits per heavy atom. The van der Waals surface area contributed by atoms with E-state index in [1.807, 2.05) is 6.07 Å². The summed E-state index contributed by atoms with van der Waals surface area (Å²) in [5.74, 6) is -10.9. The number of para-hydroxylation sites is 2. The van der Waals surface area contributed by atoms with E-state index in [9.17, 15) is 43.5 Å². The number of aliphatic carboxylic acids is 1. The molecule has 2 heterocycles. The Hall–Kier alpha value is -10.7. The lowest BCUT2D eigenvalue weighted by atomic mass is 10.0. The van der Waals surface area contributed by atoms with Gasteiger partial charge in [0.25, 0.3) is 0 Å². The molecule has 5 rings (SSSR count). The van der Waals surface area contributed by atoms with E-state index in [0.29, 0.717) is 58.1 Å². The number of fused-ring (bicyclic) bond motifs is 2. The van der Waals surface area contributed by atoms with Gasteiger partial charge in [0.1, 0.15) is 54.4 Å². The molecule has 37 heteroatoms. The van der Waals surface area contributed by atoms with Crippen LogP contribution < -0.4 is 99.5 Å². The molecule has 2 aromatic heterocycles. The van der Waals surface area contributed by atoms with Gasteiger partial charge in [-0.05, 0) is 124 Å². The number of carboxylic acid groups (broad SMARTS) is 1. The average Bonchev–Trinajstić information content (AvgIpc) is 1.69. The minimum absolute atomic E-state index is 0.0183. The Morgan fingerprint density at radius 3 is 1.18 bits per heavy atom. The van der Waals surface area contributed by atoms with Crippen molar-refractivity contribution in [3.05, 3.63) is 108 Å². The molecule has 5 aromatic rings. The Morgan fingerprint density at radius 1 is 0.438 bits per heavy atom. The highest BCUT2D eigenvalue weighted by atomic mass is 32.2. The van der Waals surface area contributed by atoms with Gasteiger partial charge in [-0.3, -0.25) is 62.9 Å². The number of thiol groups is 1. The van der Waals surface area contributed by atoms with Crippen LogP contribution in [-0.2, 0) is 72.0 Å². The number of carboxylic acids is 1. The van der Waals surface area contributed by atoms with Gasteiger partial charge in [-0.25, -0.2) is 4.79 Å². The fourth-order valence-electron chi connectivity index (χ4n) is 11.2. The van der Waals surface area contributed by atoms with Crippen molar-refractivity contribution in [2.75, 3.05) is 43.9 Å². The lowest BCUT2D eigenvalue weighted by Gasteiger charge is -2.28. The van der Waals surface area contributed by atoms with Crippen molar-refractivity contribution >= 4 is 129 Å². The predicted molar refractivity (Wildman–Crippen MR) is 405 cm³/mol. The minimum atomic E-state index is -1.69. The summed E-state index contributed by atoms with van der Waals surface area (Å²) in [6.07, 6.45) is 4.52. The summed E-state index contributed by atoms with van der Waals surface area (Å²) in [5.41, 5.74) is 54.5. The zero-order chi connectivity index (χ0) is 77.0. The van der Waals surface area contributed by atoms with Crippen LogP contribution in [0.5, 0.6) is 0 Å². The first-order valence-electron chi connectivity index (χ1n) is 34.3. The number of unbranched alkanes of at least 4 members (excludes halogenated alkanes) is 1. The van der Waals surface area contributed by atoms with Crippen molar-refractivity contribution in [3.63, 3.8) is 0 Å². The average molecular weight is 1500 g/mol. The van der Waals surface area contributed by atoms with E-state index in [-0.39, 0.29) is 114 Å². The van der Waals surface area contributed by atoms with Gasteiger partial charge in [0.15, 0.2) is 17.9 Å². The van der Waals surface area contributed by atoms with Crippen LogP contribution in [-0.4, -0.2) is 202 Å². The third-order valence-corrected chi connectivity index (χ3v) is 17.8. The van der Waals surface area contributed by atoms with Crippen LogP contribution in [0.15, 0.2) is 106 Å². The summed E-state index contributed by atoms with van der Waals surface area (Å²) < 4.78 is 0. The maximum atomic E-state index is 15.2. The van der Waals surface area contributed by atoms with E-state index < -0.39 is 138 Å². The zero-order valence-corrected chi connectivity index (χ0v) is 60.3. The number of carbonyl (C=O) groups excluding carboxylic acids is 10. The third-order valence-electron chi connectivity index (χ3n) is 16.8. The van der Waals surface area contributed by atoms with E-state index >= 15 is 14.4 Å². The number of guanidine groups is 3. The van der Waals surface area contributed by atoms with Crippen molar-refractivity contribution in [3.8, 4) is 0 Å². The monoisotopic (exact) mass is 1500 g/mol. The summed E-state index contributed by atoms with van der Waals surface area (Å²) in [6.45, 7) is 0.239. The molecule has 3 aromatic carbocycles. The number of rotatable bonds is 48. The number of hydrogen-bond donors (Lipinski definition) is 22. The van der Waals surface area contributed by atoms with Crippen LogP contribution in [0.25, 0.3) is 21.8 Å². The van der Waals surface area contributed by atoms with Gasteiger partial charge in [0, 0.05) is 78.8 Å². The van der Waals surface area contributed by atoms with Gasteiger partial charge in [0.2, 0.25) is 59.1 Å². The van der Waals surface area contributed by atoms with Crippen molar-refractivity contribution in [1.29, 1.82) is 0 Å². The fraction of sp³-hybridized carbons (Fsp3) is 0.471. The maximum Gasteiger partial charge on any atom is 0.326 e. The van der Waals surface area contributed by atoms with E-state index in [2.05, 4.69) is 85.4 Å². The molecule has 10 atom stereocenters. The van der Waals surface area contributed by atoms with Gasteiger partial charge in [-0.15, -0.1) is 0 Å². The second-order valence-electron chi connectivity index (χ2n) is 24.9. The molecule has 0 bridgehead atoms. The van der Waals surface area contributed by atoms with Gasteiger partial charge >= 0.3 is 5.97 Å². The number of H-pyrrole nitrogens is 2. The number of thioether (sulfide) groups is 1. The number of nitrogens with zero attached hydrogens (tertiary/aromatic N) is 3. The molecule has 0 fully saturated rings. The highest BCUT2D eigenvalue weighted by Crippen LogP contribution is 2.22. The molecule has 0 saturated carbocycles. The summed E-state index contributed by atoms with van der Waals surface area (Å²) in [7, 11) is 0. The molecule has 0 unspecified atom stereocenters. The van der Waals surface area contributed by atoms with Crippen molar-refractivity contribution in [2.24, 2.45) is 66.6 Å². The molecule has 0 saturated heterocycles. The normalized spacial score (nSPS) is 13.9. The second kappa shape index (κ2) is 44.8. The summed E-state index contributed by atoms with van der Waals surface area (Å²) in [4.78, 5) is 174. The standard InChI is InChI=1S/C68H101N23O12S2/c1-105-31-26-51(65(102)103)88-58(95)48(22-12-29-79-67(74)75)85-62(99)52(33-39-35-81-44-18-7-5-16-41(39)44)90-61(98)50(24-25-55(71)92)87-63(100)53(34-40-36-82-45-19-8-6-17-42(40)45)89-59(96)49(23-13-30-80-68(76)77)84-57(94)47(21-11-28-78-66(72)73)86-64(101)54(37-104)91-60(97)46(20-9-10-27-69)83-56(93)43(70)32-38-14-3-2-4-15-38/h2-8,14-19,35-36,43,46-54,81-82,104H,9-13,20-34,37,69-70H2,1H3,(H2,71,92)(H,83,93)(H,84,94)(H,85,99)(H,86,101)(H,87,100)(H,88,95)(H,89,96)(H,90,98)(H,91,97)(H,102,103)(H4,72,73,78)(H4,74,75,79)(H4,76,77,80)/t43-,46-,47-,48-,49-,50-,51-,52-,53-,54-/m0/s1. The first-order valence-corrected chi connectivity index (χ1v) is 36.3. The molecule has 0 spiro atoms. The minimum Gasteiger partial charge on any atom is -0.480 e. The largest absolute Gasteiger partial charge is 0.480 e. The number of nitrogens with one attached hydrogen (secondary N) is 11. The van der Waals surface area contributed by atoms with Crippen molar-refractivity contribution in [2.45, 2.75) is 157 Å². The number of hydrogen-bond acceptors (Lipinski definition) is 18. The number of aromatic amines is 2. The van der Waals surface area contributed by atoms with Gasteiger partial charge in [-0.1, -0.05) is 66.7 Å². The smallest absolute Gasteiger partial charge is 0.326 e. The zero-order valence-electron chi connectivity index (χ0n) is 58.6. The second-order valence-corrected chi connectivity index (χ2v) is 26.3. The predicted octanol–water partition coefficient (Wildman–Crippen LogP) is -3.31. The van der Waals surface area contributed by atoms with E-state index in [1.165, 1.54) is 11.8 Å². The summed E-state index contributed by atoms with van der Waals surface area (Å²) in [6, 6.07) is 8.86. The van der Waals surface area contributed by atoms with Gasteiger partial charge in [-0.2, -0.15) is 24.4 Å². The fourth-order valence-corrected chi connectivity index (χ4v) is 11.9. The SMILES string of the molecule is CSCC[C@H](NC(=O)[C@H](CCCN=C(N)N)NC(=O)[C@H](Cc1c[nH]c2ccccc12)NC(=O)[C@H](CCC(N)=O)NC(=O)[C@H](Cc1c[nH]c2ccccc12)NC(=O)[C@H](CCCN=C(N)N)NC(=O)[C@H](CCCN=C(N)N)NC(=O)[C@H](CS)NC(=O)[C@H](CCCCN)NC(=O)[C@@H](N)Cc1ccccc1)C(=O)O. The van der Waals surface area contributed by atoms with Crippen LogP contribution >= 0.6 is 24.4 Å². The van der Waals surface area contributed by atoms with E-state index in [4.69, 9.17) is 51.6 Å². The number of carbonyl (C=O) groups is 11. The van der Waals surface area contributed by atoms with Crippen LogP contribution in [0.1, 0.15) is 93.7 Å². The third kappa shape index (κ3) is 29.5. The summed E-state index contributed by atoms with van der Waals surface area (Å²) in [5, 5.41) is 35.3. The number of nitrogens with two attached hydrogens (primary N) is 9. The lowest BCUT2D eigenvalue weighted by molar-refractivity contribution is -0.142. The lowest BCUT2D eigenvalue weighted by Crippen LogP contribution is -2.61. The Labute approximate surface area is 617 Å². The van der Waals surface area contributed by atoms with E-state index in [0.717, 1.165) is 5.56 Å². The van der Waals surface area contributed by atoms with Crippen LogP contribution in [0.4, 0.5) is 0 Å². The number of primary amides is 1. The molecule has 0 aliphatic heterocycles. The molecule has 30 N–H and O–H groups in total. The number of aliphatic imine (C=N–C) groups is 3. The first-order chi connectivity index (χ1) is 50.2. The molecule has 572 valence electrons. The van der Waals surface area contributed by atoms with Crippen LogP contribution in [0.3, 0.4) is 0 Å². The molecule has 35 nitrogen and oxygen atoms in total. The molecular weight excluding hydrogens is 1400 g/mol. The van der Waals surface area contributed by atoms with Crippen molar-refractivity contribution in [1.82, 2.24) is 57.8 Å². The summed E-state index contributed by atoms with van der Waals surface area (Å²) >= 11 is 5.72. The van der Waals surface area contributed by atoms with E-state index in [1.54, 1.807) is 91.4 Å². The first kappa shape index (κ1) is 85.0. The van der Waals surface area contributed by atoms with Crippen LogP contribution in [0.2, 0.25) is 0 Å². The van der Waals surface area contributed by atoms with Crippen LogP contribution in [0, 0.1) is 0 Å². The quantitative estimate of drug-likeness (QED) is 0.00785. The topological polar surface area (TPSA) is 619 Å². The number of amides is 10. The molecule has 0 aliphatic rings. The molecular formula is C68H101N23O12S2.